The van der Waals surface area contributed by atoms with E-state index in [2.05, 4.69) is 0 Å². The first-order valence-corrected chi connectivity index (χ1v) is 8.95. The highest BCUT2D eigenvalue weighted by molar-refractivity contribution is 5.76. The van der Waals surface area contributed by atoms with Gasteiger partial charge in [0.2, 0.25) is 5.91 Å². The summed E-state index contributed by atoms with van der Waals surface area (Å²) in [5.74, 6) is -0.259. The van der Waals surface area contributed by atoms with Gasteiger partial charge in [0.25, 0.3) is 5.56 Å². The number of hydrogen-bond donors (Lipinski definition) is 0. The van der Waals surface area contributed by atoms with Crippen molar-refractivity contribution in [1.29, 1.82) is 5.26 Å². The maximum atomic E-state index is 12.9. The summed E-state index contributed by atoms with van der Waals surface area (Å²) in [6.07, 6.45) is 2.86. The lowest BCUT2D eigenvalue weighted by atomic mass is 10.1. The number of aromatic nitrogens is 2. The molecule has 7 heteroatoms. The minimum Gasteiger partial charge on any atom is -0.336 e. The topological polar surface area (TPSA) is 88.1 Å². The third kappa shape index (κ3) is 3.39. The van der Waals surface area contributed by atoms with Crippen molar-refractivity contribution in [3.8, 4) is 6.07 Å². The van der Waals surface area contributed by atoms with Crippen LogP contribution >= 0.6 is 0 Å². The Morgan fingerprint density at radius 3 is 2.36 bits per heavy atom. The van der Waals surface area contributed by atoms with E-state index in [1.807, 2.05) is 33.8 Å². The van der Waals surface area contributed by atoms with Crippen LogP contribution in [0.15, 0.2) is 9.59 Å². The van der Waals surface area contributed by atoms with E-state index in [0.29, 0.717) is 18.7 Å². The molecule has 0 spiro atoms. The molecule has 1 aromatic rings. The van der Waals surface area contributed by atoms with Crippen LogP contribution in [0.4, 0.5) is 0 Å². The van der Waals surface area contributed by atoms with Gasteiger partial charge in [0.05, 0.1) is 0 Å². The van der Waals surface area contributed by atoms with E-state index >= 15 is 0 Å². The van der Waals surface area contributed by atoms with Gasteiger partial charge in [-0.15, -0.1) is 0 Å². The van der Waals surface area contributed by atoms with Gasteiger partial charge in [0.1, 0.15) is 18.2 Å². The fourth-order valence-electron chi connectivity index (χ4n) is 3.42. The van der Waals surface area contributed by atoms with Crippen LogP contribution in [0.25, 0.3) is 0 Å². The standard InChI is InChI=1S/C18H26N4O3/c1-5-12(3)22(13(4)6-2)16(23)11-21-17(24)14(10-19)15-8-7-9-20(15)18(21)25/h12-13H,5-9,11H2,1-4H3/t12-,13-/m0/s1. The maximum absolute atomic E-state index is 12.9. The van der Waals surface area contributed by atoms with Gasteiger partial charge in [-0.25, -0.2) is 9.36 Å². The molecule has 0 fully saturated rings. The molecule has 1 aromatic heterocycles. The first-order chi connectivity index (χ1) is 11.9. The summed E-state index contributed by atoms with van der Waals surface area (Å²) < 4.78 is 2.39. The van der Waals surface area contributed by atoms with Crippen LogP contribution in [0, 0.1) is 11.3 Å². The third-order valence-electron chi connectivity index (χ3n) is 5.16. The van der Waals surface area contributed by atoms with Crippen molar-refractivity contribution in [1.82, 2.24) is 14.0 Å². The molecule has 2 atom stereocenters. The van der Waals surface area contributed by atoms with Gasteiger partial charge in [-0.05, 0) is 39.5 Å². The average Bonchev–Trinajstić information content (AvgIpc) is 3.08. The number of fused-ring (bicyclic) bond motifs is 1. The lowest BCUT2D eigenvalue weighted by Crippen LogP contribution is -2.50. The fraction of sp³-hybridized carbons (Fsp3) is 0.667. The second-order valence-electron chi connectivity index (χ2n) is 6.68. The van der Waals surface area contributed by atoms with Crippen molar-refractivity contribution in [2.75, 3.05) is 0 Å². The molecule has 0 saturated carbocycles. The third-order valence-corrected chi connectivity index (χ3v) is 5.16. The van der Waals surface area contributed by atoms with E-state index in [0.717, 1.165) is 23.8 Å². The van der Waals surface area contributed by atoms with E-state index < -0.39 is 11.2 Å². The van der Waals surface area contributed by atoms with Gasteiger partial charge in [-0.1, -0.05) is 13.8 Å². The Hall–Kier alpha value is -2.36. The minimum atomic E-state index is -0.651. The summed E-state index contributed by atoms with van der Waals surface area (Å²) in [5.41, 5.74) is -0.647. The second-order valence-corrected chi connectivity index (χ2v) is 6.68. The summed E-state index contributed by atoms with van der Waals surface area (Å²) in [7, 11) is 0. The van der Waals surface area contributed by atoms with Crippen LogP contribution < -0.4 is 11.2 Å². The Bertz CT molecular complexity index is 805. The first kappa shape index (κ1) is 19.0. The minimum absolute atomic E-state index is 0.0106. The molecule has 0 saturated heterocycles. The monoisotopic (exact) mass is 346 g/mol. The van der Waals surface area contributed by atoms with Crippen molar-refractivity contribution in [3.63, 3.8) is 0 Å². The molecule has 0 N–H and O–H groups in total. The Morgan fingerprint density at radius 1 is 1.24 bits per heavy atom. The molecule has 136 valence electrons. The Balaban J connectivity index is 2.47. The highest BCUT2D eigenvalue weighted by Gasteiger charge is 2.27. The molecule has 1 amide bonds. The van der Waals surface area contributed by atoms with Crippen molar-refractivity contribution in [2.45, 2.75) is 78.6 Å². The quantitative estimate of drug-likeness (QED) is 0.775. The molecular formula is C18H26N4O3. The normalized spacial score (nSPS) is 15.3. The molecule has 0 aliphatic carbocycles. The average molecular weight is 346 g/mol. The van der Waals surface area contributed by atoms with E-state index in [-0.39, 0.29) is 30.1 Å². The van der Waals surface area contributed by atoms with Crippen LogP contribution in [0.3, 0.4) is 0 Å². The zero-order valence-corrected chi connectivity index (χ0v) is 15.4. The van der Waals surface area contributed by atoms with Gasteiger partial charge >= 0.3 is 5.69 Å². The van der Waals surface area contributed by atoms with E-state index in [9.17, 15) is 19.6 Å². The number of carbonyl (C=O) groups is 1. The van der Waals surface area contributed by atoms with E-state index in [1.165, 1.54) is 4.57 Å². The summed E-state index contributed by atoms with van der Waals surface area (Å²) >= 11 is 0. The molecule has 7 nitrogen and oxygen atoms in total. The molecule has 0 bridgehead atoms. The number of amides is 1. The summed E-state index contributed by atoms with van der Waals surface area (Å²) in [5, 5.41) is 9.32. The Kier molecular flexibility index (Phi) is 5.83. The van der Waals surface area contributed by atoms with E-state index in [1.54, 1.807) is 4.90 Å². The van der Waals surface area contributed by atoms with Crippen LogP contribution in [0.1, 0.15) is 58.2 Å². The number of nitrogens with zero attached hydrogens (tertiary/aromatic N) is 4. The van der Waals surface area contributed by atoms with E-state index in [4.69, 9.17) is 0 Å². The lowest BCUT2D eigenvalue weighted by Gasteiger charge is -2.34. The first-order valence-electron chi connectivity index (χ1n) is 8.95. The van der Waals surface area contributed by atoms with Crippen molar-refractivity contribution < 1.29 is 4.79 Å². The SMILES string of the molecule is CC[C@H](C)N(C(=O)Cn1c(=O)c(C#N)c2n(c1=O)CCC2)[C@@H](C)CC. The molecule has 25 heavy (non-hydrogen) atoms. The summed E-state index contributed by atoms with van der Waals surface area (Å²) in [4.78, 5) is 39.8. The van der Waals surface area contributed by atoms with Crippen LogP contribution in [-0.4, -0.2) is 32.0 Å². The van der Waals surface area contributed by atoms with Gasteiger partial charge in [-0.3, -0.25) is 14.2 Å². The molecule has 0 radical (unpaired) electrons. The van der Waals surface area contributed by atoms with Gasteiger partial charge in [0, 0.05) is 24.3 Å². The molecule has 0 unspecified atom stereocenters. The summed E-state index contributed by atoms with van der Waals surface area (Å²) in [6.45, 7) is 8.08. The van der Waals surface area contributed by atoms with Gasteiger partial charge < -0.3 is 4.90 Å². The van der Waals surface area contributed by atoms with Gasteiger partial charge in [0.15, 0.2) is 0 Å². The van der Waals surface area contributed by atoms with Crippen molar-refractivity contribution in [2.24, 2.45) is 0 Å². The molecule has 0 aromatic carbocycles. The molecule has 2 rings (SSSR count). The number of carbonyl (C=O) groups excluding carboxylic acids is 1. The lowest BCUT2D eigenvalue weighted by molar-refractivity contribution is -0.136. The smallest absolute Gasteiger partial charge is 0.331 e. The zero-order chi connectivity index (χ0) is 18.7. The highest BCUT2D eigenvalue weighted by atomic mass is 16.2. The number of hydrogen-bond acceptors (Lipinski definition) is 4. The molecule has 1 aliphatic heterocycles. The molecule has 2 heterocycles. The van der Waals surface area contributed by atoms with Crippen LogP contribution in [0.5, 0.6) is 0 Å². The molecular weight excluding hydrogens is 320 g/mol. The Morgan fingerprint density at radius 2 is 1.84 bits per heavy atom. The van der Waals surface area contributed by atoms with Gasteiger partial charge in [-0.2, -0.15) is 5.26 Å². The highest BCUT2D eigenvalue weighted by Crippen LogP contribution is 2.15. The van der Waals surface area contributed by atoms with Crippen molar-refractivity contribution >= 4 is 5.91 Å². The van der Waals surface area contributed by atoms with Crippen LogP contribution in [-0.2, 0) is 24.3 Å². The zero-order valence-electron chi connectivity index (χ0n) is 15.4. The largest absolute Gasteiger partial charge is 0.336 e. The summed E-state index contributed by atoms with van der Waals surface area (Å²) in [6, 6.07) is 1.95. The van der Waals surface area contributed by atoms with Crippen LogP contribution in [0.2, 0.25) is 0 Å². The Labute approximate surface area is 147 Å². The predicted octanol–water partition coefficient (Wildman–Crippen LogP) is 1.25. The van der Waals surface area contributed by atoms with Crippen molar-refractivity contribution in [3.05, 3.63) is 32.1 Å². The predicted molar refractivity (Wildman–Crippen MR) is 94.4 cm³/mol. The molecule has 1 aliphatic rings. The fourth-order valence-corrected chi connectivity index (χ4v) is 3.42. The number of nitriles is 1. The maximum Gasteiger partial charge on any atom is 0.331 e. The second kappa shape index (κ2) is 7.68. The number of rotatable bonds is 6.